The number of piperidine rings is 1. The van der Waals surface area contributed by atoms with E-state index in [9.17, 15) is 4.39 Å². The highest BCUT2D eigenvalue weighted by molar-refractivity contribution is 14.1. The monoisotopic (exact) mass is 426 g/mol. The highest BCUT2D eigenvalue weighted by Gasteiger charge is 2.21. The average Bonchev–Trinajstić information content (AvgIpc) is 2.34. The van der Waals surface area contributed by atoms with Crippen LogP contribution in [0.25, 0.3) is 0 Å². The third-order valence-corrected chi connectivity index (χ3v) is 5.02. The Bertz CT molecular complexity index is 408. The van der Waals surface area contributed by atoms with Gasteiger partial charge in [-0.25, -0.2) is 7.50 Å². The highest BCUT2D eigenvalue weighted by atomic mass is 127. The minimum Gasteiger partial charge on any atom is -0.299 e. The Morgan fingerprint density at radius 1 is 1.44 bits per heavy atom. The van der Waals surface area contributed by atoms with Crippen molar-refractivity contribution in [3.8, 4) is 0 Å². The molecule has 0 spiro atoms. The first-order chi connectivity index (χ1) is 8.56. The van der Waals surface area contributed by atoms with Gasteiger partial charge in [0.25, 0.3) is 0 Å². The van der Waals surface area contributed by atoms with E-state index in [4.69, 9.17) is 0 Å². The molecule has 5 heteroatoms. The lowest BCUT2D eigenvalue weighted by Crippen LogP contribution is -2.39. The number of rotatable bonds is 3. The summed E-state index contributed by atoms with van der Waals surface area (Å²) in [6.45, 7) is 3.19. The molecule has 1 aliphatic rings. The first-order valence-electron chi connectivity index (χ1n) is 6.11. The van der Waals surface area contributed by atoms with Crippen LogP contribution >= 0.6 is 38.8 Å². The summed E-state index contributed by atoms with van der Waals surface area (Å²) in [4.78, 5) is 2.38. The Labute approximate surface area is 130 Å². The van der Waals surface area contributed by atoms with Crippen molar-refractivity contribution in [3.05, 3.63) is 34.1 Å². The molecule has 0 aliphatic carbocycles. The van der Waals surface area contributed by atoms with Gasteiger partial charge in [-0.15, -0.1) is 0 Å². The average molecular weight is 427 g/mol. The maximum Gasteiger partial charge on any atom is 0.137 e. The maximum absolute atomic E-state index is 13.2. The van der Waals surface area contributed by atoms with Crippen LogP contribution in [0.4, 0.5) is 4.39 Å². The van der Waals surface area contributed by atoms with E-state index >= 15 is 0 Å². The van der Waals surface area contributed by atoms with Gasteiger partial charge in [-0.3, -0.25) is 4.90 Å². The molecule has 100 valence electrons. The molecule has 0 N–H and O–H groups in total. The van der Waals surface area contributed by atoms with Gasteiger partial charge in [0.1, 0.15) is 5.82 Å². The Kier molecular flexibility index (Phi) is 5.41. The van der Waals surface area contributed by atoms with Gasteiger partial charge in [0.2, 0.25) is 0 Å². The van der Waals surface area contributed by atoms with Crippen LogP contribution in [-0.2, 0) is 6.54 Å². The minimum atomic E-state index is -0.195. The van der Waals surface area contributed by atoms with Crippen molar-refractivity contribution in [2.24, 2.45) is 0 Å². The maximum atomic E-state index is 13.2. The van der Waals surface area contributed by atoms with E-state index in [2.05, 4.69) is 53.9 Å². The molecular weight excluding hydrogens is 410 g/mol. The SMILES string of the molecule is CN(Cc1ccc(F)c(Br)c1)C1CCN(I)CC1. The van der Waals surface area contributed by atoms with Gasteiger partial charge in [-0.05, 0) is 53.5 Å². The fourth-order valence-corrected chi connectivity index (χ4v) is 3.31. The summed E-state index contributed by atoms with van der Waals surface area (Å²) in [5.74, 6) is -0.195. The van der Waals surface area contributed by atoms with E-state index in [1.807, 2.05) is 12.1 Å². The van der Waals surface area contributed by atoms with E-state index in [1.54, 1.807) is 0 Å². The first-order valence-corrected chi connectivity index (χ1v) is 7.87. The molecule has 1 aliphatic heterocycles. The Morgan fingerprint density at radius 2 is 2.11 bits per heavy atom. The zero-order chi connectivity index (χ0) is 13.1. The van der Waals surface area contributed by atoms with E-state index in [1.165, 1.54) is 18.9 Å². The Balaban J connectivity index is 1.94. The standard InChI is InChI=1S/C13H17BrFIN2/c1-17(11-4-6-18(16)7-5-11)9-10-2-3-13(15)12(14)8-10/h2-3,8,11H,4-7,9H2,1H3. The smallest absolute Gasteiger partial charge is 0.137 e. The molecule has 18 heavy (non-hydrogen) atoms. The summed E-state index contributed by atoms with van der Waals surface area (Å²) in [5, 5.41) is 0. The summed E-state index contributed by atoms with van der Waals surface area (Å²) in [7, 11) is 2.16. The summed E-state index contributed by atoms with van der Waals surface area (Å²) in [6.07, 6.45) is 2.42. The number of hydrogen-bond donors (Lipinski definition) is 0. The Hall–Kier alpha value is 0.280. The first kappa shape index (κ1) is 14.7. The molecule has 0 unspecified atom stereocenters. The summed E-state index contributed by atoms with van der Waals surface area (Å²) in [6, 6.07) is 5.91. The molecule has 1 saturated heterocycles. The van der Waals surface area contributed by atoms with Crippen molar-refractivity contribution in [1.82, 2.24) is 8.01 Å². The lowest BCUT2D eigenvalue weighted by molar-refractivity contribution is 0.172. The predicted octanol–water partition coefficient (Wildman–Crippen LogP) is 3.83. The van der Waals surface area contributed by atoms with Crippen molar-refractivity contribution >= 4 is 38.8 Å². The van der Waals surface area contributed by atoms with Crippen LogP contribution in [0.2, 0.25) is 0 Å². The zero-order valence-corrected chi connectivity index (χ0v) is 14.1. The molecular formula is C13H17BrFIN2. The van der Waals surface area contributed by atoms with Crippen LogP contribution in [0.5, 0.6) is 0 Å². The normalized spacial score (nSPS) is 18.5. The van der Waals surface area contributed by atoms with Gasteiger partial charge in [-0.2, -0.15) is 0 Å². The lowest BCUT2D eigenvalue weighted by Gasteiger charge is -2.34. The summed E-state index contributed by atoms with van der Waals surface area (Å²) < 4.78 is 16.1. The summed E-state index contributed by atoms with van der Waals surface area (Å²) in [5.41, 5.74) is 1.16. The lowest BCUT2D eigenvalue weighted by atomic mass is 10.0. The van der Waals surface area contributed by atoms with Crippen molar-refractivity contribution in [3.63, 3.8) is 0 Å². The molecule has 1 aromatic rings. The van der Waals surface area contributed by atoms with Gasteiger partial charge in [-0.1, -0.05) is 6.07 Å². The molecule has 1 heterocycles. The van der Waals surface area contributed by atoms with Crippen LogP contribution in [0, 0.1) is 5.82 Å². The molecule has 0 aromatic heterocycles. The third-order valence-electron chi connectivity index (χ3n) is 3.45. The van der Waals surface area contributed by atoms with Crippen LogP contribution in [-0.4, -0.2) is 34.2 Å². The van der Waals surface area contributed by atoms with Crippen LogP contribution in [0.3, 0.4) is 0 Å². The van der Waals surface area contributed by atoms with Crippen molar-refractivity contribution in [2.75, 3.05) is 20.1 Å². The number of nitrogens with zero attached hydrogens (tertiary/aromatic N) is 2. The number of benzene rings is 1. The molecule has 0 radical (unpaired) electrons. The largest absolute Gasteiger partial charge is 0.299 e. The minimum absolute atomic E-state index is 0.195. The molecule has 0 atom stereocenters. The zero-order valence-electron chi connectivity index (χ0n) is 10.4. The Morgan fingerprint density at radius 3 is 2.72 bits per heavy atom. The van der Waals surface area contributed by atoms with Crippen LogP contribution in [0.15, 0.2) is 22.7 Å². The fraction of sp³-hybridized carbons (Fsp3) is 0.538. The number of halogens is 3. The van der Waals surface area contributed by atoms with Crippen LogP contribution < -0.4 is 0 Å². The van der Waals surface area contributed by atoms with E-state index in [0.717, 1.165) is 25.2 Å². The topological polar surface area (TPSA) is 6.48 Å². The van der Waals surface area contributed by atoms with Gasteiger partial charge in [0.15, 0.2) is 0 Å². The van der Waals surface area contributed by atoms with Crippen molar-refractivity contribution in [1.29, 1.82) is 0 Å². The van der Waals surface area contributed by atoms with E-state index in [0.29, 0.717) is 10.5 Å². The second-order valence-corrected chi connectivity index (χ2v) is 7.02. The summed E-state index contributed by atoms with van der Waals surface area (Å²) >= 11 is 5.63. The third kappa shape index (κ3) is 3.88. The molecule has 0 amide bonds. The molecule has 1 aromatic carbocycles. The second kappa shape index (κ2) is 6.63. The number of hydrogen-bond acceptors (Lipinski definition) is 2. The molecule has 1 fully saturated rings. The molecule has 0 saturated carbocycles. The van der Waals surface area contributed by atoms with E-state index in [-0.39, 0.29) is 5.82 Å². The van der Waals surface area contributed by atoms with Crippen LogP contribution in [0.1, 0.15) is 18.4 Å². The van der Waals surface area contributed by atoms with Crippen molar-refractivity contribution < 1.29 is 4.39 Å². The molecule has 2 nitrogen and oxygen atoms in total. The molecule has 0 bridgehead atoms. The van der Waals surface area contributed by atoms with Crippen molar-refractivity contribution in [2.45, 2.75) is 25.4 Å². The van der Waals surface area contributed by atoms with E-state index < -0.39 is 0 Å². The van der Waals surface area contributed by atoms with Gasteiger partial charge < -0.3 is 0 Å². The predicted molar refractivity (Wildman–Crippen MR) is 84.2 cm³/mol. The van der Waals surface area contributed by atoms with Gasteiger partial charge >= 0.3 is 0 Å². The molecule has 2 rings (SSSR count). The fourth-order valence-electron chi connectivity index (χ4n) is 2.33. The highest BCUT2D eigenvalue weighted by Crippen LogP contribution is 2.21. The quantitative estimate of drug-likeness (QED) is 0.535. The van der Waals surface area contributed by atoms with Gasteiger partial charge in [0.05, 0.1) is 4.47 Å². The van der Waals surface area contributed by atoms with Gasteiger partial charge in [0, 0.05) is 48.5 Å². The second-order valence-electron chi connectivity index (χ2n) is 4.80.